The lowest BCUT2D eigenvalue weighted by Crippen LogP contribution is -2.67. The average Bonchev–Trinajstić information content (AvgIpc) is 1.54. The largest absolute Gasteiger partial charge is 0.458 e. The Morgan fingerprint density at radius 1 is 0.586 bits per heavy atom. The predicted octanol–water partition coefficient (Wildman–Crippen LogP) is -2.59. The van der Waals surface area contributed by atoms with Crippen molar-refractivity contribution in [1.29, 1.82) is 0 Å². The Morgan fingerprint density at radius 3 is 1.77 bits per heavy atom. The fourth-order valence-corrected chi connectivity index (χ4v) is 17.5. The molecule has 87 heavy (non-hydrogen) atoms. The van der Waals surface area contributed by atoms with E-state index in [0.29, 0.717) is 19.3 Å². The Balaban J connectivity index is 0.872. The van der Waals surface area contributed by atoms with Crippen LogP contribution in [-0.4, -0.2) is 276 Å². The summed E-state index contributed by atoms with van der Waals surface area (Å²) in [6.07, 6.45) is -32.0. The lowest BCUT2D eigenvalue weighted by molar-refractivity contribution is -0.394. The van der Waals surface area contributed by atoms with Gasteiger partial charge in [0.05, 0.1) is 44.7 Å². The summed E-state index contributed by atoms with van der Waals surface area (Å²) < 4.78 is 72.4. The van der Waals surface area contributed by atoms with Gasteiger partial charge in [-0.15, -0.1) is 0 Å². The molecule has 4 aliphatic carbocycles. The summed E-state index contributed by atoms with van der Waals surface area (Å²) in [5.41, 5.74) is -1.19. The number of carbonyl (C=O) groups is 1. The standard InChI is InChI=1S/C60H96O27/c1-24(2)11-10-16-59(8)33-14-18-58(7)26-12-13-32-56(4,5)35(15-17-57(32,6)27(26)19-34(64)60(33,58)55(75)87-59)83-54-49(39(68)31(23-77-54)82-51-42(71)40(69)36(65)28(20-61)79-51)86-50-43(72)41(70)46(25(3)78-50)84-53-45(74)48(38(67)30(22-63)81-53)85-52-44(73)47(76-9)37(66)29(21-62)80-52/h11,19,25-26,28-54,61-74H,10,12-18,20-23H2,1-9H3. The number of methoxy groups -OCH3 is 1. The highest BCUT2D eigenvalue weighted by molar-refractivity contribution is 5.84. The fourth-order valence-electron chi connectivity index (χ4n) is 17.5. The number of cyclic esters (lactones) is 1. The second kappa shape index (κ2) is 25.7. The summed E-state index contributed by atoms with van der Waals surface area (Å²) in [5, 5.41) is 155. The monoisotopic (exact) mass is 1250 g/mol. The number of ether oxygens (including phenoxy) is 12. The fraction of sp³-hybridized carbons (Fsp3) is 0.917. The zero-order valence-electron chi connectivity index (χ0n) is 51.0. The number of esters is 1. The molecular weight excluding hydrogens is 1150 g/mol. The minimum atomic E-state index is -2.02. The number of aliphatic hydroxyl groups excluding tert-OH is 14. The Hall–Kier alpha value is -2.05. The molecular formula is C60H96O27. The number of aliphatic hydroxyl groups is 14. The van der Waals surface area contributed by atoms with Crippen molar-refractivity contribution in [3.05, 3.63) is 23.3 Å². The Bertz CT molecular complexity index is 2450. The van der Waals surface area contributed by atoms with Gasteiger partial charge in [-0.3, -0.25) is 4.79 Å². The van der Waals surface area contributed by atoms with Crippen molar-refractivity contribution >= 4 is 5.97 Å². The van der Waals surface area contributed by atoms with Crippen LogP contribution in [-0.2, 0) is 61.6 Å². The van der Waals surface area contributed by atoms with Crippen LogP contribution in [0, 0.1) is 39.4 Å². The van der Waals surface area contributed by atoms with E-state index in [1.807, 2.05) is 26.8 Å². The highest BCUT2D eigenvalue weighted by Gasteiger charge is 2.79. The molecule has 0 aromatic rings. The van der Waals surface area contributed by atoms with E-state index in [1.165, 1.54) is 19.6 Å². The molecule has 9 fully saturated rings. The zero-order chi connectivity index (χ0) is 63.4. The van der Waals surface area contributed by atoms with Gasteiger partial charge < -0.3 is 128 Å². The number of carbonyl (C=O) groups excluding carboxylic acids is 1. The van der Waals surface area contributed by atoms with E-state index in [2.05, 4.69) is 33.8 Å². The summed E-state index contributed by atoms with van der Waals surface area (Å²) in [7, 11) is 1.19. The van der Waals surface area contributed by atoms with Crippen LogP contribution in [0.3, 0.4) is 0 Å². The van der Waals surface area contributed by atoms with Crippen LogP contribution < -0.4 is 0 Å². The number of fused-ring (bicyclic) bond motifs is 4. The summed E-state index contributed by atoms with van der Waals surface area (Å²) in [6.45, 7) is 13.4. The van der Waals surface area contributed by atoms with Crippen LogP contribution in [0.5, 0.6) is 0 Å². The van der Waals surface area contributed by atoms with Crippen molar-refractivity contribution in [2.75, 3.05) is 33.5 Å². The van der Waals surface area contributed by atoms with Gasteiger partial charge in [-0.2, -0.15) is 0 Å². The third-order valence-corrected chi connectivity index (χ3v) is 22.2. The first-order valence-corrected chi connectivity index (χ1v) is 30.9. The van der Waals surface area contributed by atoms with Crippen LogP contribution in [0.25, 0.3) is 0 Å². The van der Waals surface area contributed by atoms with Crippen LogP contribution >= 0.6 is 0 Å². The Morgan fingerprint density at radius 2 is 1.15 bits per heavy atom. The van der Waals surface area contributed by atoms with Gasteiger partial charge in [-0.05, 0) is 107 Å². The maximum Gasteiger partial charge on any atom is 0.316 e. The van der Waals surface area contributed by atoms with Crippen molar-refractivity contribution in [3.8, 4) is 0 Å². The topological polar surface area (TPSA) is 411 Å². The molecule has 0 bridgehead atoms. The van der Waals surface area contributed by atoms with Crippen molar-refractivity contribution in [2.24, 2.45) is 39.4 Å². The highest BCUT2D eigenvalue weighted by atomic mass is 16.8. The van der Waals surface area contributed by atoms with Gasteiger partial charge in [0, 0.05) is 13.0 Å². The molecule has 10 aliphatic rings. The average molecular weight is 1250 g/mol. The van der Waals surface area contributed by atoms with Crippen molar-refractivity contribution in [2.45, 2.75) is 272 Å². The van der Waals surface area contributed by atoms with Crippen LogP contribution in [0.15, 0.2) is 23.3 Å². The van der Waals surface area contributed by atoms with E-state index < -0.39 is 213 Å². The first-order valence-electron chi connectivity index (χ1n) is 30.9. The van der Waals surface area contributed by atoms with Crippen LogP contribution in [0.4, 0.5) is 0 Å². The van der Waals surface area contributed by atoms with Gasteiger partial charge in [-0.25, -0.2) is 0 Å². The van der Waals surface area contributed by atoms with Gasteiger partial charge in [0.2, 0.25) is 0 Å². The van der Waals surface area contributed by atoms with Gasteiger partial charge in [0.1, 0.15) is 121 Å². The minimum absolute atomic E-state index is 0.0107. The van der Waals surface area contributed by atoms with Gasteiger partial charge >= 0.3 is 5.97 Å². The second-order valence-corrected chi connectivity index (χ2v) is 27.7. The molecule has 0 radical (unpaired) electrons. The molecule has 1 spiro atoms. The molecule has 33 atom stereocenters. The van der Waals surface area contributed by atoms with E-state index >= 15 is 0 Å². The van der Waals surface area contributed by atoms with Crippen molar-refractivity contribution in [3.63, 3.8) is 0 Å². The Labute approximate surface area is 505 Å². The smallest absolute Gasteiger partial charge is 0.316 e. The number of allylic oxidation sites excluding steroid dienone is 3. The van der Waals surface area contributed by atoms with E-state index in [9.17, 15) is 76.3 Å². The molecule has 27 heteroatoms. The molecule has 14 N–H and O–H groups in total. The SMILES string of the molecule is COC1C(O)C(CO)OC(OC2C(O)C(CO)OC(OC3C(C)OC(OC4C(OC5CCC6(C)C7=CC(O)C89C(=O)OC(C)(CCC=C(C)C)C8CCC9(C)C7CCC6C5(C)C)OCC(OC5OC(CO)C(O)C(O)C5O)C4O)C(O)C3O)C2O)C1O. The van der Waals surface area contributed by atoms with E-state index in [-0.39, 0.29) is 23.7 Å². The Kier molecular flexibility index (Phi) is 20.0. The molecule has 6 heterocycles. The normalized spacial score (nSPS) is 53.1. The van der Waals surface area contributed by atoms with Gasteiger partial charge in [-0.1, -0.05) is 51.0 Å². The maximum absolute atomic E-state index is 14.5. The van der Waals surface area contributed by atoms with E-state index in [0.717, 1.165) is 37.7 Å². The number of hydrogen-bond acceptors (Lipinski definition) is 27. The summed E-state index contributed by atoms with van der Waals surface area (Å²) in [6, 6.07) is 0. The van der Waals surface area contributed by atoms with Gasteiger partial charge in [0.15, 0.2) is 31.5 Å². The minimum Gasteiger partial charge on any atom is -0.458 e. The van der Waals surface area contributed by atoms with Crippen molar-refractivity contribution in [1.82, 2.24) is 0 Å². The lowest BCUT2D eigenvalue weighted by Gasteiger charge is -2.64. The summed E-state index contributed by atoms with van der Waals surface area (Å²) in [4.78, 5) is 14.5. The number of rotatable bonds is 17. The molecule has 27 nitrogen and oxygen atoms in total. The van der Waals surface area contributed by atoms with E-state index in [4.69, 9.17) is 56.8 Å². The first-order chi connectivity index (χ1) is 41.0. The molecule has 0 aromatic heterocycles. The summed E-state index contributed by atoms with van der Waals surface area (Å²) >= 11 is 0. The van der Waals surface area contributed by atoms with Crippen LogP contribution in [0.2, 0.25) is 0 Å². The van der Waals surface area contributed by atoms with Crippen molar-refractivity contribution < 1.29 is 133 Å². The van der Waals surface area contributed by atoms with Gasteiger partial charge in [0.25, 0.3) is 0 Å². The maximum atomic E-state index is 14.5. The molecule has 6 aliphatic heterocycles. The molecule has 0 aromatic carbocycles. The molecule has 6 saturated heterocycles. The molecule has 498 valence electrons. The zero-order valence-corrected chi connectivity index (χ0v) is 51.0. The lowest BCUT2D eigenvalue weighted by atomic mass is 9.40. The third kappa shape index (κ3) is 11.3. The quantitative estimate of drug-likeness (QED) is 0.0404. The molecule has 0 amide bonds. The van der Waals surface area contributed by atoms with Crippen LogP contribution in [0.1, 0.15) is 107 Å². The second-order valence-electron chi connectivity index (χ2n) is 27.7. The molecule has 10 rings (SSSR count). The first kappa shape index (κ1) is 67.8. The summed E-state index contributed by atoms with van der Waals surface area (Å²) in [5.74, 6) is -0.543. The number of hydrogen-bond donors (Lipinski definition) is 14. The highest BCUT2D eigenvalue weighted by Crippen LogP contribution is 2.76. The molecule has 33 unspecified atom stereocenters. The third-order valence-electron chi connectivity index (χ3n) is 22.2. The molecule has 3 saturated carbocycles. The predicted molar refractivity (Wildman–Crippen MR) is 294 cm³/mol. The van der Waals surface area contributed by atoms with E-state index in [1.54, 1.807) is 0 Å².